The topological polar surface area (TPSA) is 71.3 Å². The second kappa shape index (κ2) is 12.7. The Balaban J connectivity index is 1.36. The average Bonchev–Trinajstić information content (AvgIpc) is 2.91. The summed E-state index contributed by atoms with van der Waals surface area (Å²) in [6.07, 6.45) is 1.52. The molecular formula is C30H22FIN2O3. The molecule has 0 radical (unpaired) electrons. The van der Waals surface area contributed by atoms with Crippen molar-refractivity contribution in [2.75, 3.05) is 5.32 Å². The Kier molecular flexibility index (Phi) is 8.89. The lowest BCUT2D eigenvalue weighted by Crippen LogP contribution is -2.13. The van der Waals surface area contributed by atoms with E-state index in [0.717, 1.165) is 14.7 Å². The molecule has 0 unspecified atom stereocenters. The molecule has 0 heterocycles. The van der Waals surface area contributed by atoms with Crippen molar-refractivity contribution in [1.82, 2.24) is 0 Å². The van der Waals surface area contributed by atoms with Crippen LogP contribution in [0.1, 0.15) is 16.7 Å². The molecule has 0 saturated heterocycles. The van der Waals surface area contributed by atoms with Gasteiger partial charge in [-0.2, -0.15) is 5.26 Å². The van der Waals surface area contributed by atoms with Gasteiger partial charge in [0.15, 0.2) is 0 Å². The minimum Gasteiger partial charge on any atom is -0.489 e. The summed E-state index contributed by atoms with van der Waals surface area (Å²) in [6, 6.07) is 30.3. The highest BCUT2D eigenvalue weighted by Crippen LogP contribution is 2.25. The zero-order chi connectivity index (χ0) is 26.0. The maximum atomic E-state index is 13.4. The van der Waals surface area contributed by atoms with E-state index in [-0.39, 0.29) is 18.0 Å². The number of nitrogens with one attached hydrogen (secondary N) is 1. The van der Waals surface area contributed by atoms with Crippen molar-refractivity contribution in [3.05, 3.63) is 129 Å². The number of rotatable bonds is 9. The van der Waals surface area contributed by atoms with E-state index >= 15 is 0 Å². The molecule has 37 heavy (non-hydrogen) atoms. The second-order valence-corrected chi connectivity index (χ2v) is 9.19. The third-order valence-corrected chi connectivity index (χ3v) is 6.12. The van der Waals surface area contributed by atoms with Crippen molar-refractivity contribution >= 4 is 40.3 Å². The van der Waals surface area contributed by atoms with Crippen LogP contribution in [0.4, 0.5) is 10.1 Å². The number of benzene rings is 4. The van der Waals surface area contributed by atoms with Crippen LogP contribution < -0.4 is 14.8 Å². The van der Waals surface area contributed by atoms with Crippen molar-refractivity contribution in [3.63, 3.8) is 0 Å². The maximum Gasteiger partial charge on any atom is 0.266 e. The summed E-state index contributed by atoms with van der Waals surface area (Å²) in [5.74, 6) is 0.472. The van der Waals surface area contributed by atoms with Crippen LogP contribution in [-0.4, -0.2) is 5.91 Å². The van der Waals surface area contributed by atoms with Crippen molar-refractivity contribution in [1.29, 1.82) is 5.26 Å². The maximum absolute atomic E-state index is 13.4. The minimum absolute atomic E-state index is 0.0337. The van der Waals surface area contributed by atoms with Crippen molar-refractivity contribution in [3.8, 4) is 17.6 Å². The molecule has 5 nitrogen and oxygen atoms in total. The lowest BCUT2D eigenvalue weighted by molar-refractivity contribution is -0.112. The Labute approximate surface area is 228 Å². The summed E-state index contributed by atoms with van der Waals surface area (Å²) in [5.41, 5.74) is 2.98. The van der Waals surface area contributed by atoms with Crippen LogP contribution in [0.5, 0.6) is 11.5 Å². The first kappa shape index (κ1) is 25.9. The van der Waals surface area contributed by atoms with Crippen LogP contribution in [0.25, 0.3) is 6.08 Å². The summed E-state index contributed by atoms with van der Waals surface area (Å²) in [7, 11) is 0. The Morgan fingerprint density at radius 1 is 0.892 bits per heavy atom. The van der Waals surface area contributed by atoms with E-state index in [4.69, 9.17) is 9.47 Å². The van der Waals surface area contributed by atoms with Gasteiger partial charge in [0.2, 0.25) is 0 Å². The molecule has 0 spiro atoms. The molecule has 0 atom stereocenters. The Morgan fingerprint density at radius 2 is 1.62 bits per heavy atom. The highest BCUT2D eigenvalue weighted by Gasteiger charge is 2.11. The van der Waals surface area contributed by atoms with Crippen molar-refractivity contribution in [2.45, 2.75) is 13.2 Å². The predicted molar refractivity (Wildman–Crippen MR) is 149 cm³/mol. The molecular weight excluding hydrogens is 582 g/mol. The summed E-state index contributed by atoms with van der Waals surface area (Å²) >= 11 is 2.12. The monoisotopic (exact) mass is 604 g/mol. The van der Waals surface area contributed by atoms with Crippen LogP contribution in [0.15, 0.2) is 103 Å². The van der Waals surface area contributed by atoms with Crippen LogP contribution in [0.3, 0.4) is 0 Å². The third kappa shape index (κ3) is 7.66. The molecule has 0 bridgehead atoms. The number of ether oxygens (including phenoxy) is 2. The van der Waals surface area contributed by atoms with E-state index in [1.807, 2.05) is 42.5 Å². The highest BCUT2D eigenvalue weighted by molar-refractivity contribution is 14.1. The quantitative estimate of drug-likeness (QED) is 0.125. The molecule has 0 aliphatic rings. The number of hydrogen-bond acceptors (Lipinski definition) is 4. The van der Waals surface area contributed by atoms with Crippen LogP contribution in [0, 0.1) is 20.7 Å². The minimum atomic E-state index is -0.512. The number of carbonyl (C=O) groups excluding carboxylic acids is 1. The first-order chi connectivity index (χ1) is 18.0. The number of nitriles is 1. The van der Waals surface area contributed by atoms with Gasteiger partial charge in [-0.25, -0.2) is 4.39 Å². The third-order valence-electron chi connectivity index (χ3n) is 5.28. The van der Waals surface area contributed by atoms with E-state index < -0.39 is 5.91 Å². The number of nitrogens with zero attached hydrogens (tertiary/aromatic N) is 1. The molecule has 0 saturated carbocycles. The number of carbonyl (C=O) groups is 1. The molecule has 0 aromatic heterocycles. The van der Waals surface area contributed by atoms with E-state index in [2.05, 4.69) is 27.9 Å². The molecule has 1 amide bonds. The van der Waals surface area contributed by atoms with Gasteiger partial charge >= 0.3 is 0 Å². The number of hydrogen-bond donors (Lipinski definition) is 1. The summed E-state index contributed by atoms with van der Waals surface area (Å²) in [4.78, 5) is 12.7. The Morgan fingerprint density at radius 3 is 2.32 bits per heavy atom. The fourth-order valence-corrected chi connectivity index (χ4v) is 4.10. The molecule has 4 rings (SSSR count). The molecule has 0 fully saturated rings. The fourth-order valence-electron chi connectivity index (χ4n) is 3.40. The zero-order valence-electron chi connectivity index (χ0n) is 19.7. The largest absolute Gasteiger partial charge is 0.489 e. The normalized spacial score (nSPS) is 10.9. The number of amides is 1. The molecule has 0 aliphatic heterocycles. The van der Waals surface area contributed by atoms with Gasteiger partial charge in [-0.3, -0.25) is 4.79 Å². The van der Waals surface area contributed by atoms with Gasteiger partial charge in [-0.15, -0.1) is 0 Å². The van der Waals surface area contributed by atoms with Gasteiger partial charge in [-0.05, 0) is 93.9 Å². The average molecular weight is 604 g/mol. The van der Waals surface area contributed by atoms with Gasteiger partial charge in [0, 0.05) is 5.69 Å². The van der Waals surface area contributed by atoms with E-state index in [0.29, 0.717) is 29.4 Å². The Hall–Kier alpha value is -4.16. The highest BCUT2D eigenvalue weighted by atomic mass is 127. The van der Waals surface area contributed by atoms with Gasteiger partial charge in [0.05, 0.1) is 3.57 Å². The molecule has 184 valence electrons. The van der Waals surface area contributed by atoms with E-state index in [1.165, 1.54) is 18.2 Å². The summed E-state index contributed by atoms with van der Waals surface area (Å²) < 4.78 is 25.7. The molecule has 4 aromatic rings. The van der Waals surface area contributed by atoms with Crippen molar-refractivity contribution in [2.24, 2.45) is 0 Å². The first-order valence-corrected chi connectivity index (χ1v) is 12.4. The lowest BCUT2D eigenvalue weighted by Gasteiger charge is -2.10. The van der Waals surface area contributed by atoms with E-state index in [9.17, 15) is 14.4 Å². The summed E-state index contributed by atoms with van der Waals surface area (Å²) in [6.45, 7) is 0.673. The standard InChI is InChI=1S/C30H22FIN2O3/c31-25-8-4-7-23(16-25)20-37-29-14-9-22(17-28(29)32)15-24(18-33)30(35)34-26-10-12-27(13-11-26)36-19-21-5-2-1-3-6-21/h1-17H,19-20H2,(H,34,35)/b24-15+. The van der Waals surface area contributed by atoms with Gasteiger partial charge in [0.25, 0.3) is 5.91 Å². The van der Waals surface area contributed by atoms with Crippen LogP contribution in [-0.2, 0) is 18.0 Å². The lowest BCUT2D eigenvalue weighted by atomic mass is 10.1. The SMILES string of the molecule is N#C/C(=C\c1ccc(OCc2cccc(F)c2)c(I)c1)C(=O)Nc1ccc(OCc2ccccc2)cc1. The second-order valence-electron chi connectivity index (χ2n) is 8.03. The Bertz CT molecular complexity index is 1450. The summed E-state index contributed by atoms with van der Waals surface area (Å²) in [5, 5.41) is 12.3. The molecule has 7 heteroatoms. The number of anilines is 1. The number of halogens is 2. The van der Waals surface area contributed by atoms with E-state index in [1.54, 1.807) is 48.5 Å². The predicted octanol–water partition coefficient (Wildman–Crippen LogP) is 7.13. The molecule has 1 N–H and O–H groups in total. The van der Waals surface area contributed by atoms with Gasteiger partial charge in [0.1, 0.15) is 42.2 Å². The molecule has 4 aromatic carbocycles. The van der Waals surface area contributed by atoms with Crippen LogP contribution in [0.2, 0.25) is 0 Å². The van der Waals surface area contributed by atoms with Gasteiger partial charge in [-0.1, -0.05) is 48.5 Å². The van der Waals surface area contributed by atoms with Gasteiger partial charge < -0.3 is 14.8 Å². The van der Waals surface area contributed by atoms with Crippen LogP contribution >= 0.6 is 22.6 Å². The smallest absolute Gasteiger partial charge is 0.266 e. The fraction of sp³-hybridized carbons (Fsp3) is 0.0667. The van der Waals surface area contributed by atoms with Crippen molar-refractivity contribution < 1.29 is 18.7 Å². The first-order valence-electron chi connectivity index (χ1n) is 11.4. The molecule has 0 aliphatic carbocycles. The zero-order valence-corrected chi connectivity index (χ0v) is 21.8.